The van der Waals surface area contributed by atoms with Gasteiger partial charge in [0.2, 0.25) is 23.7 Å². The summed E-state index contributed by atoms with van der Waals surface area (Å²) in [5.41, 5.74) is 23.8. The van der Waals surface area contributed by atoms with E-state index in [-0.39, 0.29) is 23.7 Å². The Kier molecular flexibility index (Phi) is 13.1. The van der Waals surface area contributed by atoms with Crippen LogP contribution in [0.3, 0.4) is 0 Å². The van der Waals surface area contributed by atoms with E-state index in [1.165, 1.54) is 12.4 Å². The molecule has 0 saturated heterocycles. The summed E-state index contributed by atoms with van der Waals surface area (Å²) in [7, 11) is 0. The number of amides is 2. The normalized spacial score (nSPS) is 10.8. The molecule has 0 aliphatic heterocycles. The molecule has 2 aromatic rings. The van der Waals surface area contributed by atoms with Crippen LogP contribution in [-0.4, -0.2) is 36.2 Å². The van der Waals surface area contributed by atoms with Crippen LogP contribution in [0.2, 0.25) is 0 Å². The molecule has 0 aromatic heterocycles. The molecule has 0 radical (unpaired) electrons. The number of benzene rings is 2. The predicted octanol–water partition coefficient (Wildman–Crippen LogP) is 2.60. The first kappa shape index (κ1) is 29.5. The first-order valence-electron chi connectivity index (χ1n) is 12.4. The van der Waals surface area contributed by atoms with E-state index in [0.717, 1.165) is 44.2 Å². The lowest BCUT2D eigenvalue weighted by Crippen LogP contribution is -2.21. The minimum absolute atomic E-state index is 0.0325. The minimum Gasteiger partial charge on any atom is -0.369 e. The van der Waals surface area contributed by atoms with Gasteiger partial charge in [0.15, 0.2) is 0 Å². The van der Waals surface area contributed by atoms with Crippen molar-refractivity contribution in [2.24, 2.45) is 43.3 Å². The Morgan fingerprint density at radius 3 is 1.55 bits per heavy atom. The molecule has 10 N–H and O–H groups in total. The van der Waals surface area contributed by atoms with Gasteiger partial charge >= 0.3 is 0 Å². The molecule has 38 heavy (non-hydrogen) atoms. The Balaban J connectivity index is 1.73. The zero-order valence-electron chi connectivity index (χ0n) is 21.3. The van der Waals surface area contributed by atoms with Crippen molar-refractivity contribution in [2.45, 2.75) is 51.4 Å². The highest BCUT2D eigenvalue weighted by atomic mass is 16.2. The van der Waals surface area contributed by atoms with Crippen molar-refractivity contribution in [3.05, 3.63) is 59.7 Å². The van der Waals surface area contributed by atoms with Gasteiger partial charge in [0.05, 0.1) is 12.4 Å². The van der Waals surface area contributed by atoms with Crippen LogP contribution in [0.4, 0.5) is 11.4 Å². The minimum atomic E-state index is -0.172. The molecule has 0 atom stereocenters. The molecule has 2 amide bonds. The van der Waals surface area contributed by atoms with E-state index in [4.69, 9.17) is 22.9 Å². The van der Waals surface area contributed by atoms with Gasteiger partial charge in [0.25, 0.3) is 0 Å². The molecule has 0 unspecified atom stereocenters. The van der Waals surface area contributed by atoms with Gasteiger partial charge in [-0.1, -0.05) is 43.9 Å². The monoisotopic (exact) mass is 520 g/mol. The van der Waals surface area contributed by atoms with E-state index >= 15 is 0 Å². The Hall–Kier alpha value is -4.74. The third-order valence-electron chi connectivity index (χ3n) is 5.14. The van der Waals surface area contributed by atoms with E-state index < -0.39 is 0 Å². The Morgan fingerprint density at radius 1 is 0.632 bits per heavy atom. The van der Waals surface area contributed by atoms with Crippen molar-refractivity contribution in [1.82, 2.24) is 0 Å². The summed E-state index contributed by atoms with van der Waals surface area (Å²) in [5, 5.41) is 20.5. The topological polar surface area (TPSA) is 212 Å². The average Bonchev–Trinajstić information content (AvgIpc) is 2.85. The second-order valence-corrected chi connectivity index (χ2v) is 8.51. The predicted molar refractivity (Wildman–Crippen MR) is 154 cm³/mol. The fourth-order valence-electron chi connectivity index (χ4n) is 3.47. The summed E-state index contributed by atoms with van der Waals surface area (Å²) in [5.74, 6) is -0.416. The van der Waals surface area contributed by atoms with Crippen molar-refractivity contribution in [1.29, 1.82) is 0 Å². The van der Waals surface area contributed by atoms with Crippen LogP contribution in [-0.2, 0) is 9.59 Å². The van der Waals surface area contributed by atoms with E-state index in [9.17, 15) is 9.59 Å². The number of nitrogens with zero attached hydrogens (tertiary/aromatic N) is 4. The molecule has 0 saturated carbocycles. The van der Waals surface area contributed by atoms with E-state index in [1.54, 1.807) is 18.2 Å². The van der Waals surface area contributed by atoms with Crippen LogP contribution in [0.15, 0.2) is 68.9 Å². The van der Waals surface area contributed by atoms with Crippen molar-refractivity contribution >= 4 is 47.5 Å². The van der Waals surface area contributed by atoms with Gasteiger partial charge in [-0.2, -0.15) is 10.2 Å². The third-order valence-corrected chi connectivity index (χ3v) is 5.14. The highest BCUT2D eigenvalue weighted by Crippen LogP contribution is 2.15. The van der Waals surface area contributed by atoms with Crippen molar-refractivity contribution in [3.63, 3.8) is 0 Å². The van der Waals surface area contributed by atoms with Gasteiger partial charge in [0.1, 0.15) is 0 Å². The summed E-state index contributed by atoms with van der Waals surface area (Å²) in [6, 6.07) is 14.6. The highest BCUT2D eigenvalue weighted by molar-refractivity contribution is 5.95. The van der Waals surface area contributed by atoms with Crippen LogP contribution in [0.25, 0.3) is 0 Å². The van der Waals surface area contributed by atoms with Crippen molar-refractivity contribution in [2.75, 3.05) is 10.6 Å². The second-order valence-electron chi connectivity index (χ2n) is 8.51. The number of nitrogens with two attached hydrogens (primary N) is 4. The summed E-state index contributed by atoms with van der Waals surface area (Å²) in [4.78, 5) is 24.4. The number of hydrogen-bond donors (Lipinski definition) is 6. The smallest absolute Gasteiger partial charge is 0.224 e. The molecule has 12 heteroatoms. The lowest BCUT2D eigenvalue weighted by molar-refractivity contribution is -0.117. The maximum Gasteiger partial charge on any atom is 0.224 e. The van der Waals surface area contributed by atoms with Crippen LogP contribution < -0.4 is 33.6 Å². The number of guanidine groups is 2. The summed E-state index contributed by atoms with van der Waals surface area (Å²) < 4.78 is 0. The maximum atomic E-state index is 12.5. The van der Waals surface area contributed by atoms with Crippen LogP contribution in [0.1, 0.15) is 62.5 Å². The lowest BCUT2D eigenvalue weighted by atomic mass is 10.1. The van der Waals surface area contributed by atoms with Gasteiger partial charge in [0, 0.05) is 24.2 Å². The number of carbonyl (C=O) groups excluding carboxylic acids is 2. The molecule has 0 aliphatic rings. The van der Waals surface area contributed by atoms with Crippen LogP contribution in [0.5, 0.6) is 0 Å². The molecule has 0 bridgehead atoms. The number of unbranched alkanes of at least 4 members (excludes halogenated alkanes) is 5. The number of hydrogen-bond acceptors (Lipinski definition) is 6. The fourth-order valence-corrected chi connectivity index (χ4v) is 3.47. The standard InChI is InChI=1S/C26H36N10O2/c27-25(28)35-31-17-19-14-20(18-32-36-26(29)30)16-22(15-19)34-24(38)13-9-4-2-1-3-8-12-23(37)33-21-10-6-5-7-11-21/h5-7,10-11,14-18H,1-4,8-9,12-13H2,(H,33,37)(H,34,38)(H4,27,28,35)(H4,29,30,36)/b31-17+,32-18+. The van der Waals surface area contributed by atoms with Gasteiger partial charge in [-0.25, -0.2) is 0 Å². The molecule has 202 valence electrons. The number of nitrogens with one attached hydrogen (secondary N) is 2. The van der Waals surface area contributed by atoms with Crippen molar-refractivity contribution in [3.8, 4) is 0 Å². The molecular weight excluding hydrogens is 484 g/mol. The zero-order chi connectivity index (χ0) is 27.6. The summed E-state index contributed by atoms with van der Waals surface area (Å²) in [6.07, 6.45) is 9.34. The summed E-state index contributed by atoms with van der Waals surface area (Å²) in [6.45, 7) is 0. The Bertz CT molecular complexity index is 1110. The quantitative estimate of drug-likeness (QED) is 0.0898. The van der Waals surface area contributed by atoms with E-state index in [1.807, 2.05) is 30.3 Å². The van der Waals surface area contributed by atoms with E-state index in [2.05, 4.69) is 31.0 Å². The molecule has 0 aliphatic carbocycles. The SMILES string of the molecule is NC(N)=N/N=C/c1cc(/C=N/N=C(N)N)cc(NC(=O)CCCCCCCCC(=O)Nc2ccccc2)c1. The highest BCUT2D eigenvalue weighted by Gasteiger charge is 2.06. The number of anilines is 2. The number of rotatable bonds is 15. The van der Waals surface area contributed by atoms with Gasteiger partial charge in [-0.05, 0) is 54.3 Å². The Morgan fingerprint density at radius 2 is 1.08 bits per heavy atom. The largest absolute Gasteiger partial charge is 0.369 e. The molecule has 2 aromatic carbocycles. The number of carbonyl (C=O) groups is 2. The Labute approximate surface area is 222 Å². The molecule has 0 spiro atoms. The molecule has 12 nitrogen and oxygen atoms in total. The van der Waals surface area contributed by atoms with Crippen LogP contribution in [0, 0.1) is 0 Å². The van der Waals surface area contributed by atoms with Gasteiger partial charge in [-0.3, -0.25) is 9.59 Å². The fraction of sp³-hybridized carbons (Fsp3) is 0.308. The average molecular weight is 521 g/mol. The van der Waals surface area contributed by atoms with Gasteiger partial charge < -0.3 is 33.6 Å². The maximum absolute atomic E-state index is 12.5. The molecule has 0 fully saturated rings. The molecular formula is C26H36N10O2. The summed E-state index contributed by atoms with van der Waals surface area (Å²) >= 11 is 0. The van der Waals surface area contributed by atoms with Crippen molar-refractivity contribution < 1.29 is 9.59 Å². The number of para-hydroxylation sites is 1. The van der Waals surface area contributed by atoms with Crippen LogP contribution >= 0.6 is 0 Å². The zero-order valence-corrected chi connectivity index (χ0v) is 21.3. The lowest BCUT2D eigenvalue weighted by Gasteiger charge is -2.08. The van der Waals surface area contributed by atoms with Gasteiger partial charge in [-0.15, -0.1) is 10.2 Å². The first-order chi connectivity index (χ1) is 18.3. The second kappa shape index (κ2) is 16.8. The van der Waals surface area contributed by atoms with E-state index in [0.29, 0.717) is 29.7 Å². The third kappa shape index (κ3) is 13.4. The first-order valence-corrected chi connectivity index (χ1v) is 12.4. The molecule has 0 heterocycles. The molecule has 2 rings (SSSR count).